The minimum Gasteiger partial charge on any atom is -0.398 e. The van der Waals surface area contributed by atoms with Crippen LogP contribution >= 0.6 is 0 Å². The molecule has 0 aliphatic rings. The molecular formula is C13H20N2OS. The minimum atomic E-state index is -1.15. The fraction of sp³-hybridized carbons (Fsp3) is 0.385. The summed E-state index contributed by atoms with van der Waals surface area (Å²) in [4.78, 5) is 0. The molecule has 0 spiro atoms. The average molecular weight is 252 g/mol. The summed E-state index contributed by atoms with van der Waals surface area (Å²) in [6.07, 6.45) is 1.72. The third-order valence-electron chi connectivity index (χ3n) is 2.36. The Kier molecular flexibility index (Phi) is 4.48. The lowest BCUT2D eigenvalue weighted by Crippen LogP contribution is -2.35. The molecule has 0 aromatic heterocycles. The summed E-state index contributed by atoms with van der Waals surface area (Å²) >= 11 is 0. The van der Waals surface area contributed by atoms with E-state index in [1.54, 1.807) is 6.08 Å². The van der Waals surface area contributed by atoms with Crippen molar-refractivity contribution in [1.29, 1.82) is 0 Å². The number of nitrogen functional groups attached to an aromatic ring is 1. The minimum absolute atomic E-state index is 0.198. The Balaban J connectivity index is 2.91. The van der Waals surface area contributed by atoms with Gasteiger partial charge in [-0.15, -0.1) is 6.58 Å². The van der Waals surface area contributed by atoms with Gasteiger partial charge in [-0.05, 0) is 32.4 Å². The maximum atomic E-state index is 12.0. The molecular weight excluding hydrogens is 232 g/mol. The van der Waals surface area contributed by atoms with Crippen LogP contribution in [0.2, 0.25) is 0 Å². The molecule has 0 fully saturated rings. The van der Waals surface area contributed by atoms with Crippen LogP contribution < -0.4 is 10.5 Å². The Morgan fingerprint density at radius 3 is 2.47 bits per heavy atom. The second-order valence-corrected chi connectivity index (χ2v) is 6.84. The summed E-state index contributed by atoms with van der Waals surface area (Å²) in [5.74, 6) is 0. The molecule has 17 heavy (non-hydrogen) atoms. The number of anilines is 1. The highest BCUT2D eigenvalue weighted by Gasteiger charge is 2.22. The van der Waals surface area contributed by atoms with Gasteiger partial charge in [0.05, 0.1) is 21.8 Å². The predicted octanol–water partition coefficient (Wildman–Crippen LogP) is 2.55. The lowest BCUT2D eigenvalue weighted by molar-refractivity contribution is 0.627. The fourth-order valence-electron chi connectivity index (χ4n) is 1.32. The summed E-state index contributed by atoms with van der Waals surface area (Å²) in [5.41, 5.74) is 7.47. The molecule has 0 saturated carbocycles. The summed E-state index contributed by atoms with van der Waals surface area (Å²) < 4.78 is 14.8. The molecule has 4 heteroatoms. The molecule has 1 aromatic carbocycles. The van der Waals surface area contributed by atoms with E-state index in [-0.39, 0.29) is 10.8 Å². The molecule has 0 aliphatic heterocycles. The van der Waals surface area contributed by atoms with Crippen molar-refractivity contribution in [1.82, 2.24) is 4.72 Å². The standard InChI is InChI=1S/C13H20N2OS/c1-5-12(15-17(16)13(2,3)4)10-8-6-7-9-11(10)14/h5-9,12,15H,1,14H2,2-4H3/t12-,17-/m1/s1. The van der Waals surface area contributed by atoms with Gasteiger partial charge in [0.2, 0.25) is 0 Å². The summed E-state index contributed by atoms with van der Waals surface area (Å²) in [5, 5.41) is 0. The first-order valence-corrected chi connectivity index (χ1v) is 6.66. The van der Waals surface area contributed by atoms with Gasteiger partial charge < -0.3 is 5.73 Å². The van der Waals surface area contributed by atoms with Crippen LogP contribution in [0.1, 0.15) is 32.4 Å². The quantitative estimate of drug-likeness (QED) is 0.639. The molecule has 0 aliphatic carbocycles. The maximum absolute atomic E-state index is 12.0. The van der Waals surface area contributed by atoms with Crippen LogP contribution in [0.3, 0.4) is 0 Å². The third kappa shape index (κ3) is 3.68. The highest BCUT2D eigenvalue weighted by molar-refractivity contribution is 7.84. The summed E-state index contributed by atoms with van der Waals surface area (Å²) in [6, 6.07) is 7.32. The van der Waals surface area contributed by atoms with Crippen molar-refractivity contribution in [3.63, 3.8) is 0 Å². The van der Waals surface area contributed by atoms with E-state index in [0.29, 0.717) is 5.69 Å². The van der Waals surface area contributed by atoms with Gasteiger partial charge in [-0.1, -0.05) is 24.3 Å². The monoisotopic (exact) mass is 252 g/mol. The first-order chi connectivity index (χ1) is 7.86. The normalized spacial score (nSPS) is 15.2. The van der Waals surface area contributed by atoms with Crippen molar-refractivity contribution < 1.29 is 4.21 Å². The number of nitrogens with two attached hydrogens (primary N) is 1. The Morgan fingerprint density at radius 1 is 1.41 bits per heavy atom. The van der Waals surface area contributed by atoms with E-state index in [2.05, 4.69) is 11.3 Å². The lowest BCUT2D eigenvalue weighted by atomic mass is 10.1. The van der Waals surface area contributed by atoms with Crippen molar-refractivity contribution in [3.8, 4) is 0 Å². The largest absolute Gasteiger partial charge is 0.398 e. The molecule has 3 N–H and O–H groups in total. The van der Waals surface area contributed by atoms with Gasteiger partial charge in [0.1, 0.15) is 0 Å². The molecule has 1 aromatic rings. The van der Waals surface area contributed by atoms with Gasteiger partial charge in [-0.3, -0.25) is 0 Å². The van der Waals surface area contributed by atoms with Crippen LogP contribution in [0, 0.1) is 0 Å². The molecule has 3 nitrogen and oxygen atoms in total. The molecule has 0 saturated heterocycles. The number of hydrogen-bond donors (Lipinski definition) is 2. The average Bonchev–Trinajstić information content (AvgIpc) is 2.25. The Bertz CT molecular complexity index is 424. The Labute approximate surface area is 106 Å². The van der Waals surface area contributed by atoms with Crippen molar-refractivity contribution in [2.24, 2.45) is 0 Å². The second kappa shape index (κ2) is 5.47. The predicted molar refractivity (Wildman–Crippen MR) is 74.8 cm³/mol. The zero-order chi connectivity index (χ0) is 13.1. The molecule has 0 amide bonds. The van der Waals surface area contributed by atoms with Gasteiger partial charge in [0.15, 0.2) is 0 Å². The van der Waals surface area contributed by atoms with E-state index in [1.807, 2.05) is 45.0 Å². The smallest absolute Gasteiger partial charge is 0.0978 e. The van der Waals surface area contributed by atoms with Crippen molar-refractivity contribution in [2.75, 3.05) is 5.73 Å². The number of rotatable bonds is 4. The van der Waals surface area contributed by atoms with Crippen molar-refractivity contribution in [2.45, 2.75) is 31.6 Å². The Morgan fingerprint density at radius 2 is 2.00 bits per heavy atom. The number of nitrogens with one attached hydrogen (secondary N) is 1. The van der Waals surface area contributed by atoms with Crippen LogP contribution in [0.4, 0.5) is 5.69 Å². The SMILES string of the molecule is C=C[C@@H](N[S@](=O)C(C)(C)C)c1ccccc1N. The Hall–Kier alpha value is -1.13. The molecule has 94 valence electrons. The van der Waals surface area contributed by atoms with Gasteiger partial charge in [0, 0.05) is 5.69 Å². The number of hydrogen-bond acceptors (Lipinski definition) is 2. The third-order valence-corrected chi connectivity index (χ3v) is 3.94. The molecule has 0 radical (unpaired) electrons. The molecule has 0 unspecified atom stereocenters. The maximum Gasteiger partial charge on any atom is 0.0978 e. The van der Waals surface area contributed by atoms with Crippen molar-refractivity contribution >= 4 is 16.7 Å². The topological polar surface area (TPSA) is 55.1 Å². The van der Waals surface area contributed by atoms with Crippen molar-refractivity contribution in [3.05, 3.63) is 42.5 Å². The zero-order valence-electron chi connectivity index (χ0n) is 10.6. The number of benzene rings is 1. The van der Waals surface area contributed by atoms with Crippen LogP contribution in [-0.2, 0) is 11.0 Å². The van der Waals surface area contributed by atoms with Gasteiger partial charge in [0.25, 0.3) is 0 Å². The molecule has 0 bridgehead atoms. The first kappa shape index (κ1) is 13.9. The van der Waals surface area contributed by atoms with E-state index in [4.69, 9.17) is 5.73 Å². The van der Waals surface area contributed by atoms with Crippen LogP contribution in [-0.4, -0.2) is 8.96 Å². The number of para-hydroxylation sites is 1. The van der Waals surface area contributed by atoms with Crippen LogP contribution in [0.5, 0.6) is 0 Å². The van der Waals surface area contributed by atoms with E-state index < -0.39 is 11.0 Å². The van der Waals surface area contributed by atoms with Gasteiger partial charge in [-0.25, -0.2) is 8.93 Å². The highest BCUT2D eigenvalue weighted by Crippen LogP contribution is 2.22. The van der Waals surface area contributed by atoms with Crippen LogP contribution in [0.15, 0.2) is 36.9 Å². The van der Waals surface area contributed by atoms with Gasteiger partial charge in [-0.2, -0.15) is 0 Å². The lowest BCUT2D eigenvalue weighted by Gasteiger charge is -2.23. The first-order valence-electron chi connectivity index (χ1n) is 5.51. The van der Waals surface area contributed by atoms with Gasteiger partial charge >= 0.3 is 0 Å². The summed E-state index contributed by atoms with van der Waals surface area (Å²) in [6.45, 7) is 9.52. The highest BCUT2D eigenvalue weighted by atomic mass is 32.2. The van der Waals surface area contributed by atoms with E-state index in [0.717, 1.165) is 5.56 Å². The zero-order valence-corrected chi connectivity index (χ0v) is 11.4. The van der Waals surface area contributed by atoms with E-state index in [9.17, 15) is 4.21 Å². The second-order valence-electron chi connectivity index (χ2n) is 4.84. The summed E-state index contributed by atoms with van der Waals surface area (Å²) in [7, 11) is -1.15. The van der Waals surface area contributed by atoms with E-state index >= 15 is 0 Å². The molecule has 0 heterocycles. The van der Waals surface area contributed by atoms with Crippen LogP contribution in [0.25, 0.3) is 0 Å². The fourth-order valence-corrected chi connectivity index (χ4v) is 2.13. The molecule has 2 atom stereocenters. The molecule has 1 rings (SSSR count). The van der Waals surface area contributed by atoms with E-state index in [1.165, 1.54) is 0 Å².